The Hall–Kier alpha value is -1.98. The highest BCUT2D eigenvalue weighted by Gasteiger charge is 2.21. The molecule has 0 spiro atoms. The molecule has 0 aliphatic rings. The van der Waals surface area contributed by atoms with E-state index in [4.69, 9.17) is 5.11 Å². The minimum absolute atomic E-state index is 0.306. The Morgan fingerprint density at radius 1 is 1.50 bits per heavy atom. The van der Waals surface area contributed by atoms with Crippen LogP contribution in [0, 0.1) is 6.92 Å². The number of amides is 1. The lowest BCUT2D eigenvalue weighted by Gasteiger charge is -2.14. The minimum atomic E-state index is -1.02. The SMILES string of the molecule is CCCCC(NC(=O)c1cncnc1C)C(=O)O. The van der Waals surface area contributed by atoms with Crippen LogP contribution in [-0.2, 0) is 4.79 Å². The van der Waals surface area contributed by atoms with E-state index in [1.807, 2.05) is 6.92 Å². The molecule has 0 radical (unpaired) electrons. The van der Waals surface area contributed by atoms with E-state index < -0.39 is 17.9 Å². The first-order valence-electron chi connectivity index (χ1n) is 5.86. The van der Waals surface area contributed by atoms with Gasteiger partial charge < -0.3 is 10.4 Å². The molecule has 1 aromatic rings. The fraction of sp³-hybridized carbons (Fsp3) is 0.500. The molecule has 6 heteroatoms. The van der Waals surface area contributed by atoms with Crippen LogP contribution in [0.25, 0.3) is 0 Å². The average Bonchev–Trinajstić information content (AvgIpc) is 2.34. The molecule has 1 amide bonds. The van der Waals surface area contributed by atoms with Gasteiger partial charge in [0.1, 0.15) is 12.4 Å². The zero-order valence-electron chi connectivity index (χ0n) is 10.5. The van der Waals surface area contributed by atoms with Crippen molar-refractivity contribution in [3.05, 3.63) is 23.8 Å². The number of carboxylic acid groups (broad SMARTS) is 1. The largest absolute Gasteiger partial charge is 0.480 e. The van der Waals surface area contributed by atoms with E-state index in [0.29, 0.717) is 17.7 Å². The first kappa shape index (κ1) is 14.1. The Labute approximate surface area is 105 Å². The van der Waals surface area contributed by atoms with Gasteiger partial charge in [0.2, 0.25) is 0 Å². The smallest absolute Gasteiger partial charge is 0.326 e. The maximum atomic E-state index is 11.9. The third kappa shape index (κ3) is 3.80. The number of hydrogen-bond donors (Lipinski definition) is 2. The number of nitrogens with zero attached hydrogens (tertiary/aromatic N) is 2. The molecule has 1 atom stereocenters. The van der Waals surface area contributed by atoms with Gasteiger partial charge in [-0.2, -0.15) is 0 Å². The van der Waals surface area contributed by atoms with Gasteiger partial charge in [0.25, 0.3) is 5.91 Å². The van der Waals surface area contributed by atoms with Gasteiger partial charge in [-0.15, -0.1) is 0 Å². The molecule has 0 saturated heterocycles. The first-order valence-corrected chi connectivity index (χ1v) is 5.86. The molecule has 18 heavy (non-hydrogen) atoms. The molecule has 0 aromatic carbocycles. The normalized spacial score (nSPS) is 11.9. The Bertz CT molecular complexity index is 434. The number of carboxylic acids is 1. The van der Waals surface area contributed by atoms with Gasteiger partial charge in [0.15, 0.2) is 0 Å². The lowest BCUT2D eigenvalue weighted by atomic mass is 10.1. The number of aryl methyl sites for hydroxylation is 1. The topological polar surface area (TPSA) is 92.2 Å². The molecule has 1 aromatic heterocycles. The van der Waals surface area contributed by atoms with Crippen molar-refractivity contribution < 1.29 is 14.7 Å². The van der Waals surface area contributed by atoms with Crippen LogP contribution < -0.4 is 5.32 Å². The number of aliphatic carboxylic acids is 1. The van der Waals surface area contributed by atoms with Crippen molar-refractivity contribution in [1.29, 1.82) is 0 Å². The van der Waals surface area contributed by atoms with E-state index in [0.717, 1.165) is 12.8 Å². The Morgan fingerprint density at radius 2 is 2.22 bits per heavy atom. The summed E-state index contributed by atoms with van der Waals surface area (Å²) in [5, 5.41) is 11.5. The van der Waals surface area contributed by atoms with Crippen LogP contribution in [0.3, 0.4) is 0 Å². The number of carbonyl (C=O) groups excluding carboxylic acids is 1. The molecule has 6 nitrogen and oxygen atoms in total. The van der Waals surface area contributed by atoms with Gasteiger partial charge in [-0.05, 0) is 13.3 Å². The van der Waals surface area contributed by atoms with Gasteiger partial charge in [0.05, 0.1) is 11.3 Å². The van der Waals surface area contributed by atoms with E-state index in [1.165, 1.54) is 12.5 Å². The fourth-order valence-corrected chi connectivity index (χ4v) is 1.52. The molecular weight excluding hydrogens is 234 g/mol. The predicted octanol–water partition coefficient (Wildman–Crippen LogP) is 1.16. The highest BCUT2D eigenvalue weighted by Crippen LogP contribution is 2.05. The van der Waals surface area contributed by atoms with Crippen LogP contribution in [0.2, 0.25) is 0 Å². The number of hydrogen-bond acceptors (Lipinski definition) is 4. The van der Waals surface area contributed by atoms with E-state index in [2.05, 4.69) is 15.3 Å². The Morgan fingerprint density at radius 3 is 2.78 bits per heavy atom. The summed E-state index contributed by atoms with van der Waals surface area (Å²) in [6.07, 6.45) is 4.78. The maximum Gasteiger partial charge on any atom is 0.326 e. The average molecular weight is 251 g/mol. The summed E-state index contributed by atoms with van der Waals surface area (Å²) in [5.41, 5.74) is 0.836. The summed E-state index contributed by atoms with van der Waals surface area (Å²) in [6.45, 7) is 3.65. The van der Waals surface area contributed by atoms with Crippen LogP contribution >= 0.6 is 0 Å². The van der Waals surface area contributed by atoms with Crippen LogP contribution in [0.4, 0.5) is 0 Å². The summed E-state index contributed by atoms with van der Waals surface area (Å²) in [4.78, 5) is 30.6. The molecule has 0 bridgehead atoms. The second-order valence-corrected chi connectivity index (χ2v) is 4.03. The number of rotatable bonds is 6. The standard InChI is InChI=1S/C12H17N3O3/c1-3-4-5-10(12(17)18)15-11(16)9-6-13-7-14-8(9)2/h6-7,10H,3-5H2,1-2H3,(H,15,16)(H,17,18). The van der Waals surface area contributed by atoms with E-state index in [9.17, 15) is 9.59 Å². The van der Waals surface area contributed by atoms with Crippen molar-refractivity contribution in [2.45, 2.75) is 39.2 Å². The second kappa shape index (κ2) is 6.68. The van der Waals surface area contributed by atoms with Gasteiger partial charge in [0, 0.05) is 6.20 Å². The summed E-state index contributed by atoms with van der Waals surface area (Å²) >= 11 is 0. The van der Waals surface area contributed by atoms with Gasteiger partial charge in [-0.1, -0.05) is 19.8 Å². The molecule has 0 saturated carbocycles. The summed E-state index contributed by atoms with van der Waals surface area (Å²) in [6, 6.07) is -0.864. The predicted molar refractivity (Wildman–Crippen MR) is 65.2 cm³/mol. The van der Waals surface area contributed by atoms with Gasteiger partial charge in [-0.3, -0.25) is 4.79 Å². The van der Waals surface area contributed by atoms with Crippen molar-refractivity contribution in [3.63, 3.8) is 0 Å². The van der Waals surface area contributed by atoms with Crippen LogP contribution in [-0.4, -0.2) is 33.0 Å². The highest BCUT2D eigenvalue weighted by molar-refractivity contribution is 5.97. The van der Waals surface area contributed by atoms with Crippen molar-refractivity contribution in [1.82, 2.24) is 15.3 Å². The zero-order valence-corrected chi connectivity index (χ0v) is 10.5. The summed E-state index contributed by atoms with van der Waals surface area (Å²) in [7, 11) is 0. The molecule has 1 rings (SSSR count). The number of nitrogens with one attached hydrogen (secondary N) is 1. The van der Waals surface area contributed by atoms with Crippen molar-refractivity contribution >= 4 is 11.9 Å². The van der Waals surface area contributed by atoms with E-state index in [-0.39, 0.29) is 0 Å². The monoisotopic (exact) mass is 251 g/mol. The van der Waals surface area contributed by atoms with Crippen molar-refractivity contribution in [2.75, 3.05) is 0 Å². The molecular formula is C12H17N3O3. The Kier molecular flexibility index (Phi) is 5.23. The minimum Gasteiger partial charge on any atom is -0.480 e. The summed E-state index contributed by atoms with van der Waals surface area (Å²) < 4.78 is 0. The van der Waals surface area contributed by atoms with Crippen molar-refractivity contribution in [2.24, 2.45) is 0 Å². The molecule has 0 aliphatic heterocycles. The number of carbonyl (C=O) groups is 2. The van der Waals surface area contributed by atoms with E-state index in [1.54, 1.807) is 6.92 Å². The third-order valence-corrected chi connectivity index (χ3v) is 2.61. The lowest BCUT2D eigenvalue weighted by Crippen LogP contribution is -2.41. The van der Waals surface area contributed by atoms with Crippen LogP contribution in [0.1, 0.15) is 42.2 Å². The second-order valence-electron chi connectivity index (χ2n) is 4.03. The number of aromatic nitrogens is 2. The third-order valence-electron chi connectivity index (χ3n) is 2.61. The zero-order chi connectivity index (χ0) is 13.5. The molecule has 0 aliphatic carbocycles. The highest BCUT2D eigenvalue weighted by atomic mass is 16.4. The van der Waals surface area contributed by atoms with Gasteiger partial charge >= 0.3 is 5.97 Å². The maximum absolute atomic E-state index is 11.9. The van der Waals surface area contributed by atoms with Gasteiger partial charge in [-0.25, -0.2) is 14.8 Å². The first-order chi connectivity index (χ1) is 8.56. The lowest BCUT2D eigenvalue weighted by molar-refractivity contribution is -0.139. The molecule has 1 unspecified atom stereocenters. The summed E-state index contributed by atoms with van der Waals surface area (Å²) in [5.74, 6) is -1.47. The molecule has 98 valence electrons. The molecule has 0 fully saturated rings. The van der Waals surface area contributed by atoms with Crippen LogP contribution in [0.5, 0.6) is 0 Å². The fourth-order valence-electron chi connectivity index (χ4n) is 1.52. The van der Waals surface area contributed by atoms with Crippen molar-refractivity contribution in [3.8, 4) is 0 Å². The molecule has 2 N–H and O–H groups in total. The Balaban J connectivity index is 2.72. The molecule has 1 heterocycles. The van der Waals surface area contributed by atoms with E-state index >= 15 is 0 Å². The van der Waals surface area contributed by atoms with Crippen LogP contribution in [0.15, 0.2) is 12.5 Å². The number of unbranched alkanes of at least 4 members (excludes halogenated alkanes) is 1. The quantitative estimate of drug-likeness (QED) is 0.791.